The summed E-state index contributed by atoms with van der Waals surface area (Å²) in [6.07, 6.45) is 0. The fourth-order valence-corrected chi connectivity index (χ4v) is 3.09. The molecule has 0 fully saturated rings. The molecule has 20 heavy (non-hydrogen) atoms. The van der Waals surface area contributed by atoms with E-state index in [1.54, 1.807) is 37.3 Å². The molecular weight excluding hydrogens is 388 g/mol. The Kier molecular flexibility index (Phi) is 4.08. The third kappa shape index (κ3) is 2.53. The first kappa shape index (κ1) is 14.5. The topological polar surface area (TPSA) is 77.8 Å². The summed E-state index contributed by atoms with van der Waals surface area (Å²) in [5.74, 6) is 0. The Morgan fingerprint density at radius 2 is 1.85 bits per heavy atom. The van der Waals surface area contributed by atoms with E-state index in [-0.39, 0.29) is 11.1 Å². The number of nitrogens with zero attached hydrogens (tertiary/aromatic N) is 2. The minimum Gasteiger partial charge on any atom is -0.421 e. The standard InChI is InChI=1S/C14H6Br2N2O2/c1-7(9(5-17)6-18)11-3-8-2-10(15)4-12(16)13(8)20-14(11)19/h2-4H,1H3. The van der Waals surface area contributed by atoms with Crippen LogP contribution in [0.5, 0.6) is 0 Å². The van der Waals surface area contributed by atoms with Gasteiger partial charge < -0.3 is 4.42 Å². The van der Waals surface area contributed by atoms with Crippen LogP contribution in [0, 0.1) is 22.7 Å². The van der Waals surface area contributed by atoms with Gasteiger partial charge in [-0.15, -0.1) is 0 Å². The predicted molar refractivity (Wildman–Crippen MR) is 81.7 cm³/mol. The highest BCUT2D eigenvalue weighted by Gasteiger charge is 2.13. The number of hydrogen-bond acceptors (Lipinski definition) is 4. The van der Waals surface area contributed by atoms with Crippen molar-refractivity contribution in [1.82, 2.24) is 0 Å². The number of benzene rings is 1. The molecule has 0 aliphatic rings. The molecule has 0 saturated carbocycles. The monoisotopic (exact) mass is 392 g/mol. The SMILES string of the molecule is CC(=C(C#N)C#N)c1cc2cc(Br)cc(Br)c2oc1=O. The van der Waals surface area contributed by atoms with Crippen molar-refractivity contribution in [3.05, 3.63) is 48.7 Å². The predicted octanol–water partition coefficient (Wildman–Crippen LogP) is 4.14. The lowest BCUT2D eigenvalue weighted by atomic mass is 10.0. The molecule has 6 heteroatoms. The Hall–Kier alpha value is -1.89. The van der Waals surface area contributed by atoms with Crippen LogP contribution in [0.2, 0.25) is 0 Å². The summed E-state index contributed by atoms with van der Waals surface area (Å²) in [4.78, 5) is 12.0. The Labute approximate surface area is 131 Å². The van der Waals surface area contributed by atoms with E-state index >= 15 is 0 Å². The van der Waals surface area contributed by atoms with Crippen molar-refractivity contribution < 1.29 is 4.42 Å². The van der Waals surface area contributed by atoms with E-state index in [1.165, 1.54) is 0 Å². The van der Waals surface area contributed by atoms with Gasteiger partial charge in [0.15, 0.2) is 5.58 Å². The molecule has 2 aromatic rings. The molecule has 0 N–H and O–H groups in total. The first-order valence-corrected chi connectivity index (χ1v) is 7.01. The van der Waals surface area contributed by atoms with Crippen LogP contribution in [0.25, 0.3) is 16.5 Å². The Morgan fingerprint density at radius 3 is 2.45 bits per heavy atom. The Balaban J connectivity index is 2.85. The summed E-state index contributed by atoms with van der Waals surface area (Å²) in [5.41, 5.74) is 0.249. The van der Waals surface area contributed by atoms with Crippen LogP contribution >= 0.6 is 31.9 Å². The summed E-state index contributed by atoms with van der Waals surface area (Å²) >= 11 is 6.67. The Bertz CT molecular complexity index is 867. The van der Waals surface area contributed by atoms with Crippen molar-refractivity contribution in [1.29, 1.82) is 10.5 Å². The maximum atomic E-state index is 12.0. The van der Waals surface area contributed by atoms with E-state index in [9.17, 15) is 4.79 Å². The number of nitriles is 2. The summed E-state index contributed by atoms with van der Waals surface area (Å²) in [7, 11) is 0. The van der Waals surface area contributed by atoms with Crippen LogP contribution in [0.15, 0.2) is 41.9 Å². The van der Waals surface area contributed by atoms with Crippen molar-refractivity contribution in [2.24, 2.45) is 0 Å². The van der Waals surface area contributed by atoms with E-state index in [0.29, 0.717) is 21.0 Å². The minimum absolute atomic E-state index is 0.106. The molecule has 0 unspecified atom stereocenters. The second-order valence-corrected chi connectivity index (χ2v) is 5.75. The molecule has 1 aromatic heterocycles. The number of fused-ring (bicyclic) bond motifs is 1. The zero-order valence-electron chi connectivity index (χ0n) is 10.2. The number of hydrogen-bond donors (Lipinski definition) is 0. The summed E-state index contributed by atoms with van der Waals surface area (Å²) in [6.45, 7) is 1.55. The fraction of sp³-hybridized carbons (Fsp3) is 0.0714. The van der Waals surface area contributed by atoms with Gasteiger partial charge in [-0.05, 0) is 46.6 Å². The lowest BCUT2D eigenvalue weighted by Gasteiger charge is -2.04. The molecule has 2 rings (SSSR count). The molecule has 0 aliphatic heterocycles. The number of allylic oxidation sites excluding steroid dienone is 2. The van der Waals surface area contributed by atoms with Crippen molar-refractivity contribution >= 4 is 48.4 Å². The molecular formula is C14H6Br2N2O2. The van der Waals surface area contributed by atoms with Crippen LogP contribution in [-0.2, 0) is 0 Å². The van der Waals surface area contributed by atoms with Gasteiger partial charge in [-0.1, -0.05) is 15.9 Å². The van der Waals surface area contributed by atoms with Gasteiger partial charge in [0.25, 0.3) is 0 Å². The highest BCUT2D eigenvalue weighted by molar-refractivity contribution is 9.11. The van der Waals surface area contributed by atoms with Gasteiger partial charge in [0.05, 0.1) is 10.0 Å². The number of rotatable bonds is 1. The van der Waals surface area contributed by atoms with Gasteiger partial charge in [0.1, 0.15) is 17.7 Å². The maximum Gasteiger partial charge on any atom is 0.343 e. The molecule has 0 radical (unpaired) electrons. The largest absolute Gasteiger partial charge is 0.421 e. The fourth-order valence-electron chi connectivity index (χ4n) is 1.75. The summed E-state index contributed by atoms with van der Waals surface area (Å²) in [5, 5.41) is 18.4. The van der Waals surface area contributed by atoms with Crippen LogP contribution in [0.3, 0.4) is 0 Å². The average molecular weight is 394 g/mol. The first-order chi connectivity index (χ1) is 9.47. The first-order valence-electron chi connectivity index (χ1n) is 5.42. The summed E-state index contributed by atoms with van der Waals surface area (Å²) in [6, 6.07) is 8.70. The third-order valence-corrected chi connectivity index (χ3v) is 3.80. The van der Waals surface area contributed by atoms with Gasteiger partial charge in [0.2, 0.25) is 0 Å². The van der Waals surface area contributed by atoms with Gasteiger partial charge in [-0.25, -0.2) is 4.79 Å². The van der Waals surface area contributed by atoms with E-state index in [0.717, 1.165) is 4.47 Å². The molecule has 0 amide bonds. The molecule has 1 aromatic carbocycles. The van der Waals surface area contributed by atoms with Crippen molar-refractivity contribution in [2.45, 2.75) is 6.92 Å². The van der Waals surface area contributed by atoms with Crippen LogP contribution < -0.4 is 5.63 Å². The van der Waals surface area contributed by atoms with Gasteiger partial charge in [-0.2, -0.15) is 10.5 Å². The average Bonchev–Trinajstić information content (AvgIpc) is 2.40. The zero-order chi connectivity index (χ0) is 14.9. The van der Waals surface area contributed by atoms with Crippen LogP contribution in [0.1, 0.15) is 12.5 Å². The Morgan fingerprint density at radius 1 is 1.20 bits per heavy atom. The van der Waals surface area contributed by atoms with E-state index in [1.807, 2.05) is 0 Å². The zero-order valence-corrected chi connectivity index (χ0v) is 13.4. The van der Waals surface area contributed by atoms with Gasteiger partial charge >= 0.3 is 5.63 Å². The highest BCUT2D eigenvalue weighted by Crippen LogP contribution is 2.29. The molecule has 4 nitrogen and oxygen atoms in total. The second kappa shape index (κ2) is 5.62. The van der Waals surface area contributed by atoms with Crippen LogP contribution in [0.4, 0.5) is 0 Å². The smallest absolute Gasteiger partial charge is 0.343 e. The normalized spacial score (nSPS) is 9.85. The maximum absolute atomic E-state index is 12.0. The molecule has 0 saturated heterocycles. The second-order valence-electron chi connectivity index (χ2n) is 3.98. The van der Waals surface area contributed by atoms with Gasteiger partial charge in [-0.3, -0.25) is 0 Å². The molecule has 0 bridgehead atoms. The van der Waals surface area contributed by atoms with Crippen molar-refractivity contribution in [3.63, 3.8) is 0 Å². The lowest BCUT2D eigenvalue weighted by molar-refractivity contribution is 0.557. The molecule has 98 valence electrons. The molecule has 0 spiro atoms. The van der Waals surface area contributed by atoms with Crippen LogP contribution in [-0.4, -0.2) is 0 Å². The lowest BCUT2D eigenvalue weighted by Crippen LogP contribution is -2.06. The molecule has 0 aliphatic carbocycles. The van der Waals surface area contributed by atoms with Crippen molar-refractivity contribution in [2.75, 3.05) is 0 Å². The third-order valence-electron chi connectivity index (χ3n) is 2.75. The molecule has 1 heterocycles. The number of halogens is 2. The van der Waals surface area contributed by atoms with E-state index in [2.05, 4.69) is 31.9 Å². The van der Waals surface area contributed by atoms with E-state index in [4.69, 9.17) is 14.9 Å². The quantitative estimate of drug-likeness (QED) is 0.538. The van der Waals surface area contributed by atoms with Crippen molar-refractivity contribution in [3.8, 4) is 12.1 Å². The van der Waals surface area contributed by atoms with Gasteiger partial charge in [0, 0.05) is 9.86 Å². The minimum atomic E-state index is -0.582. The summed E-state index contributed by atoms with van der Waals surface area (Å²) < 4.78 is 6.73. The highest BCUT2D eigenvalue weighted by atomic mass is 79.9. The molecule has 0 atom stereocenters. The van der Waals surface area contributed by atoms with E-state index < -0.39 is 5.63 Å².